The second kappa shape index (κ2) is 14.6. The van der Waals surface area contributed by atoms with E-state index in [1.54, 1.807) is 0 Å². The summed E-state index contributed by atoms with van der Waals surface area (Å²) in [7, 11) is 0. The number of benzene rings is 9. The van der Waals surface area contributed by atoms with Crippen molar-refractivity contribution in [3.63, 3.8) is 0 Å². The number of imidazole rings is 2. The van der Waals surface area contributed by atoms with E-state index in [1.807, 2.05) is 24.3 Å². The lowest BCUT2D eigenvalue weighted by molar-refractivity contribution is 1.08. The standard InChI is InChI=1S/C55H35N7/c1-3-17-42(18-4-1)61-48-25-13-11-23-46(48)56-54(61)38-31-27-36(28-32-38)51-58-52(60-53(59-51)50-44-21-9-7-15-40(44)35-41-16-8-10-22-45(41)50)37-29-33-39(34-30-37)55-57-47-24-12-14-26-49(47)62(55)43-19-5-2-6-20-43/h1-35H. The number of fused-ring (bicyclic) bond motifs is 4. The molecule has 0 saturated heterocycles. The molecule has 7 heteroatoms. The largest absolute Gasteiger partial charge is 0.292 e. The van der Waals surface area contributed by atoms with Gasteiger partial charge in [0.05, 0.1) is 22.1 Å². The number of rotatable bonds is 7. The Morgan fingerprint density at radius 3 is 1.13 bits per heavy atom. The SMILES string of the molecule is c1ccc(-n2c(-c3ccc(-c4nc(-c5ccc(-c6nc7ccccc7n6-c6ccccc6)cc5)nc(-c5c6ccccc6cc6ccccc56)n4)cc3)nc3ccccc32)cc1. The molecule has 9 aromatic carbocycles. The molecule has 0 N–H and O–H groups in total. The van der Waals surface area contributed by atoms with E-state index in [-0.39, 0.29) is 0 Å². The van der Waals surface area contributed by atoms with Crippen LogP contribution in [0.15, 0.2) is 212 Å². The molecule has 0 radical (unpaired) electrons. The van der Waals surface area contributed by atoms with Gasteiger partial charge in [-0.25, -0.2) is 24.9 Å². The van der Waals surface area contributed by atoms with Crippen LogP contribution in [0.2, 0.25) is 0 Å². The van der Waals surface area contributed by atoms with E-state index in [1.165, 1.54) is 0 Å². The molecule has 0 atom stereocenters. The highest BCUT2D eigenvalue weighted by Gasteiger charge is 2.20. The third-order valence-electron chi connectivity index (χ3n) is 11.6. The molecule has 3 heterocycles. The van der Waals surface area contributed by atoms with E-state index in [9.17, 15) is 0 Å². The van der Waals surface area contributed by atoms with Gasteiger partial charge in [-0.2, -0.15) is 0 Å². The van der Waals surface area contributed by atoms with E-state index < -0.39 is 0 Å². The smallest absolute Gasteiger partial charge is 0.165 e. The van der Waals surface area contributed by atoms with Gasteiger partial charge in [0, 0.05) is 39.2 Å². The topological polar surface area (TPSA) is 74.3 Å². The highest BCUT2D eigenvalue weighted by molar-refractivity contribution is 6.11. The third-order valence-corrected chi connectivity index (χ3v) is 11.6. The summed E-state index contributed by atoms with van der Waals surface area (Å²) in [6.45, 7) is 0. The van der Waals surface area contributed by atoms with Crippen LogP contribution >= 0.6 is 0 Å². The first kappa shape index (κ1) is 35.4. The molecule has 0 bridgehead atoms. The van der Waals surface area contributed by atoms with Gasteiger partial charge in [0.1, 0.15) is 11.6 Å². The molecule has 0 fully saturated rings. The first-order chi connectivity index (χ1) is 30.7. The molecule has 7 nitrogen and oxygen atoms in total. The van der Waals surface area contributed by atoms with Crippen molar-refractivity contribution in [1.29, 1.82) is 0 Å². The second-order valence-corrected chi connectivity index (χ2v) is 15.3. The van der Waals surface area contributed by atoms with Crippen molar-refractivity contribution >= 4 is 43.6 Å². The Hall–Kier alpha value is -8.55. The zero-order chi connectivity index (χ0) is 41.0. The van der Waals surface area contributed by atoms with Gasteiger partial charge in [-0.1, -0.05) is 158 Å². The Kier molecular flexibility index (Phi) is 8.35. The van der Waals surface area contributed by atoms with Crippen molar-refractivity contribution < 1.29 is 0 Å². The van der Waals surface area contributed by atoms with Gasteiger partial charge in [0.15, 0.2) is 17.5 Å². The number of hydrogen-bond donors (Lipinski definition) is 0. The van der Waals surface area contributed by atoms with Crippen LogP contribution in [-0.2, 0) is 0 Å². The van der Waals surface area contributed by atoms with E-state index in [0.717, 1.165) is 94.5 Å². The van der Waals surface area contributed by atoms with E-state index >= 15 is 0 Å². The Balaban J connectivity index is 1.01. The van der Waals surface area contributed by atoms with Crippen LogP contribution in [0.25, 0.3) is 112 Å². The predicted octanol–water partition coefficient (Wildman–Crippen LogP) is 13.2. The minimum atomic E-state index is 0.583. The Morgan fingerprint density at radius 2 is 0.661 bits per heavy atom. The summed E-state index contributed by atoms with van der Waals surface area (Å²) >= 11 is 0. The monoisotopic (exact) mass is 793 g/mol. The Morgan fingerprint density at radius 1 is 0.290 bits per heavy atom. The minimum absolute atomic E-state index is 0.583. The van der Waals surface area contributed by atoms with Crippen molar-refractivity contribution in [3.8, 4) is 68.3 Å². The van der Waals surface area contributed by atoms with Crippen molar-refractivity contribution in [2.24, 2.45) is 0 Å². The molecule has 0 aliphatic rings. The molecular weight excluding hydrogens is 759 g/mol. The highest BCUT2D eigenvalue weighted by atomic mass is 15.1. The molecule has 12 aromatic rings. The van der Waals surface area contributed by atoms with Gasteiger partial charge < -0.3 is 0 Å². The number of nitrogens with zero attached hydrogens (tertiary/aromatic N) is 7. The molecule has 290 valence electrons. The summed E-state index contributed by atoms with van der Waals surface area (Å²) in [5, 5.41) is 4.42. The van der Waals surface area contributed by atoms with E-state index in [2.05, 4.69) is 197 Å². The molecule has 3 aromatic heterocycles. The van der Waals surface area contributed by atoms with Crippen LogP contribution in [0.3, 0.4) is 0 Å². The summed E-state index contributed by atoms with van der Waals surface area (Å²) in [6, 6.07) is 73.2. The van der Waals surface area contributed by atoms with Gasteiger partial charge in [-0.05, 0) is 76.1 Å². The second-order valence-electron chi connectivity index (χ2n) is 15.3. The summed E-state index contributed by atoms with van der Waals surface area (Å²) in [5.41, 5.74) is 10.8. The molecule has 12 rings (SSSR count). The van der Waals surface area contributed by atoms with Gasteiger partial charge in [0.25, 0.3) is 0 Å². The molecule has 0 aliphatic heterocycles. The molecule has 0 amide bonds. The average Bonchev–Trinajstić information content (AvgIpc) is 3.93. The first-order valence-electron chi connectivity index (χ1n) is 20.7. The van der Waals surface area contributed by atoms with Crippen molar-refractivity contribution in [3.05, 3.63) is 212 Å². The van der Waals surface area contributed by atoms with Gasteiger partial charge in [-0.15, -0.1) is 0 Å². The van der Waals surface area contributed by atoms with Crippen molar-refractivity contribution in [2.75, 3.05) is 0 Å². The predicted molar refractivity (Wildman–Crippen MR) is 251 cm³/mol. The van der Waals surface area contributed by atoms with Crippen LogP contribution < -0.4 is 0 Å². The minimum Gasteiger partial charge on any atom is -0.292 e. The van der Waals surface area contributed by atoms with Crippen molar-refractivity contribution in [2.45, 2.75) is 0 Å². The first-order valence-corrected chi connectivity index (χ1v) is 20.7. The van der Waals surface area contributed by atoms with Crippen molar-refractivity contribution in [1.82, 2.24) is 34.1 Å². The van der Waals surface area contributed by atoms with Gasteiger partial charge in [0.2, 0.25) is 0 Å². The summed E-state index contributed by atoms with van der Waals surface area (Å²) in [6.07, 6.45) is 0. The number of para-hydroxylation sites is 6. The fourth-order valence-corrected chi connectivity index (χ4v) is 8.65. The van der Waals surface area contributed by atoms with E-state index in [4.69, 9.17) is 24.9 Å². The molecule has 0 saturated carbocycles. The Labute approximate surface area is 356 Å². The molecule has 0 spiro atoms. The Bertz CT molecular complexity index is 3380. The van der Waals surface area contributed by atoms with Gasteiger partial charge >= 0.3 is 0 Å². The molecular formula is C55H35N7. The zero-order valence-corrected chi connectivity index (χ0v) is 33.3. The van der Waals surface area contributed by atoms with E-state index in [0.29, 0.717) is 17.5 Å². The maximum atomic E-state index is 5.28. The van der Waals surface area contributed by atoms with Crippen LogP contribution in [0.4, 0.5) is 0 Å². The summed E-state index contributed by atoms with van der Waals surface area (Å²) in [5.74, 6) is 3.51. The zero-order valence-electron chi connectivity index (χ0n) is 33.3. The molecule has 0 unspecified atom stereocenters. The van der Waals surface area contributed by atoms with Crippen LogP contribution in [0, 0.1) is 0 Å². The lowest BCUT2D eigenvalue weighted by Crippen LogP contribution is -2.02. The lowest BCUT2D eigenvalue weighted by atomic mass is 9.96. The highest BCUT2D eigenvalue weighted by Crippen LogP contribution is 2.38. The van der Waals surface area contributed by atoms with Crippen LogP contribution in [0.1, 0.15) is 0 Å². The molecule has 62 heavy (non-hydrogen) atoms. The summed E-state index contributed by atoms with van der Waals surface area (Å²) in [4.78, 5) is 26.0. The maximum Gasteiger partial charge on any atom is 0.165 e. The normalized spacial score (nSPS) is 11.5. The average molecular weight is 794 g/mol. The lowest BCUT2D eigenvalue weighted by Gasteiger charge is -2.14. The number of hydrogen-bond acceptors (Lipinski definition) is 5. The quantitative estimate of drug-likeness (QED) is 0.150. The molecule has 0 aliphatic carbocycles. The van der Waals surface area contributed by atoms with Gasteiger partial charge in [-0.3, -0.25) is 9.13 Å². The van der Waals surface area contributed by atoms with Crippen LogP contribution in [-0.4, -0.2) is 34.1 Å². The fourth-order valence-electron chi connectivity index (χ4n) is 8.65. The fraction of sp³-hybridized carbons (Fsp3) is 0. The number of aromatic nitrogens is 7. The summed E-state index contributed by atoms with van der Waals surface area (Å²) < 4.78 is 4.43. The van der Waals surface area contributed by atoms with Crippen LogP contribution in [0.5, 0.6) is 0 Å². The maximum absolute atomic E-state index is 5.28. The third kappa shape index (κ3) is 6.02.